The molecule has 0 spiro atoms. The van der Waals surface area contributed by atoms with Crippen molar-refractivity contribution in [3.05, 3.63) is 53.1 Å². The van der Waals surface area contributed by atoms with Gasteiger partial charge in [0.2, 0.25) is 10.0 Å². The van der Waals surface area contributed by atoms with Gasteiger partial charge in [0.05, 0.1) is 11.6 Å². The average molecular weight is 423 g/mol. The molecule has 150 valence electrons. The summed E-state index contributed by atoms with van der Waals surface area (Å²) in [4.78, 5) is 12.6. The zero-order chi connectivity index (χ0) is 20.1. The molecule has 0 aromatic heterocycles. The number of ether oxygens (including phenoxy) is 1. The van der Waals surface area contributed by atoms with Crippen LogP contribution in [0.3, 0.4) is 0 Å². The summed E-state index contributed by atoms with van der Waals surface area (Å²) >= 11 is 6.16. The molecule has 1 heterocycles. The van der Waals surface area contributed by atoms with E-state index in [-0.39, 0.29) is 15.5 Å². The Balaban J connectivity index is 1.81. The van der Waals surface area contributed by atoms with Crippen LogP contribution in [-0.4, -0.2) is 38.3 Å². The third-order valence-electron chi connectivity index (χ3n) is 4.55. The van der Waals surface area contributed by atoms with Gasteiger partial charge in [0.1, 0.15) is 10.6 Å². The maximum absolute atomic E-state index is 12.9. The van der Waals surface area contributed by atoms with Crippen molar-refractivity contribution in [2.75, 3.05) is 25.0 Å². The first-order valence-corrected chi connectivity index (χ1v) is 11.1. The zero-order valence-electron chi connectivity index (χ0n) is 15.7. The van der Waals surface area contributed by atoms with E-state index in [2.05, 4.69) is 5.32 Å². The molecular formula is C20H23ClN2O4S. The Morgan fingerprint density at radius 1 is 1.11 bits per heavy atom. The fraction of sp³-hybridized carbons (Fsp3) is 0.350. The third-order valence-corrected chi connectivity index (χ3v) is 6.93. The molecule has 2 aromatic rings. The number of benzene rings is 2. The highest BCUT2D eigenvalue weighted by Gasteiger charge is 2.28. The first kappa shape index (κ1) is 20.6. The van der Waals surface area contributed by atoms with Gasteiger partial charge in [0, 0.05) is 24.3 Å². The molecule has 2 aromatic carbocycles. The van der Waals surface area contributed by atoms with Crippen molar-refractivity contribution >= 4 is 33.2 Å². The lowest BCUT2D eigenvalue weighted by molar-refractivity contribution is 0.102. The van der Waals surface area contributed by atoms with E-state index in [0.29, 0.717) is 31.1 Å². The minimum absolute atomic E-state index is 0.0320. The van der Waals surface area contributed by atoms with E-state index >= 15 is 0 Å². The number of nitrogens with one attached hydrogen (secondary N) is 1. The molecule has 0 bridgehead atoms. The van der Waals surface area contributed by atoms with Gasteiger partial charge in [-0.25, -0.2) is 8.42 Å². The van der Waals surface area contributed by atoms with E-state index in [4.69, 9.17) is 16.3 Å². The molecule has 0 aliphatic carbocycles. The van der Waals surface area contributed by atoms with Gasteiger partial charge >= 0.3 is 0 Å². The summed E-state index contributed by atoms with van der Waals surface area (Å²) in [7, 11) is -3.73. The fourth-order valence-electron chi connectivity index (χ4n) is 3.09. The topological polar surface area (TPSA) is 75.7 Å². The lowest BCUT2D eigenvalue weighted by atomic mass is 10.2. The van der Waals surface area contributed by atoms with Crippen LogP contribution in [0.15, 0.2) is 47.4 Å². The smallest absolute Gasteiger partial charge is 0.255 e. The summed E-state index contributed by atoms with van der Waals surface area (Å²) in [6.45, 7) is 3.40. The van der Waals surface area contributed by atoms with Crippen LogP contribution in [0.25, 0.3) is 0 Å². The quantitative estimate of drug-likeness (QED) is 0.758. The van der Waals surface area contributed by atoms with Gasteiger partial charge in [-0.05, 0) is 62.2 Å². The highest BCUT2D eigenvalue weighted by atomic mass is 35.5. The van der Waals surface area contributed by atoms with Crippen molar-refractivity contribution in [3.8, 4) is 5.75 Å². The molecule has 1 amide bonds. The molecule has 6 nitrogen and oxygen atoms in total. The molecular weight excluding hydrogens is 400 g/mol. The van der Waals surface area contributed by atoms with Gasteiger partial charge < -0.3 is 10.1 Å². The summed E-state index contributed by atoms with van der Waals surface area (Å²) in [5, 5.41) is 2.87. The summed E-state index contributed by atoms with van der Waals surface area (Å²) < 4.78 is 32.7. The summed E-state index contributed by atoms with van der Waals surface area (Å²) in [6.07, 6.45) is 2.67. The third kappa shape index (κ3) is 4.66. The normalized spacial score (nSPS) is 15.2. The fourth-order valence-corrected chi connectivity index (χ4v) is 5.11. The number of carbonyl (C=O) groups excluding carboxylic acids is 1. The van der Waals surface area contributed by atoms with Crippen LogP contribution in [0.4, 0.5) is 5.69 Å². The van der Waals surface area contributed by atoms with Gasteiger partial charge in [-0.15, -0.1) is 0 Å². The predicted octanol–water partition coefficient (Wildman–Crippen LogP) is 4.17. The molecule has 1 N–H and O–H groups in total. The molecule has 1 saturated heterocycles. The Kier molecular flexibility index (Phi) is 6.59. The second-order valence-electron chi connectivity index (χ2n) is 6.52. The van der Waals surface area contributed by atoms with E-state index in [0.717, 1.165) is 19.3 Å². The molecule has 28 heavy (non-hydrogen) atoms. The lowest BCUT2D eigenvalue weighted by Gasteiger charge is -2.26. The molecule has 3 rings (SSSR count). The van der Waals surface area contributed by atoms with E-state index in [9.17, 15) is 13.2 Å². The number of rotatable bonds is 6. The molecule has 0 radical (unpaired) electrons. The molecule has 0 unspecified atom stereocenters. The Hall–Kier alpha value is -2.09. The predicted molar refractivity (Wildman–Crippen MR) is 110 cm³/mol. The van der Waals surface area contributed by atoms with Crippen LogP contribution < -0.4 is 10.1 Å². The lowest BCUT2D eigenvalue weighted by Crippen LogP contribution is -2.35. The first-order valence-electron chi connectivity index (χ1n) is 9.25. The maximum Gasteiger partial charge on any atom is 0.255 e. The monoisotopic (exact) mass is 422 g/mol. The van der Waals surface area contributed by atoms with Crippen LogP contribution in [0.2, 0.25) is 5.02 Å². The van der Waals surface area contributed by atoms with Gasteiger partial charge in [-0.2, -0.15) is 4.31 Å². The molecule has 1 aliphatic rings. The number of amides is 1. The number of hydrogen-bond donors (Lipinski definition) is 1. The minimum Gasteiger partial charge on any atom is -0.494 e. The first-order chi connectivity index (χ1) is 13.4. The molecule has 8 heteroatoms. The zero-order valence-corrected chi connectivity index (χ0v) is 17.2. The molecule has 1 fully saturated rings. The van der Waals surface area contributed by atoms with Crippen molar-refractivity contribution in [3.63, 3.8) is 0 Å². The SMILES string of the molecule is CCOc1ccc(NC(=O)c2ccc(Cl)c(S(=O)(=O)N3CCCCC3)c2)cc1. The number of hydrogen-bond acceptors (Lipinski definition) is 4. The van der Waals surface area contributed by atoms with Crippen LogP contribution in [0, 0.1) is 0 Å². The van der Waals surface area contributed by atoms with Crippen LogP contribution in [0.1, 0.15) is 36.5 Å². The van der Waals surface area contributed by atoms with Crippen molar-refractivity contribution in [1.82, 2.24) is 4.31 Å². The van der Waals surface area contributed by atoms with Crippen molar-refractivity contribution in [2.45, 2.75) is 31.1 Å². The second kappa shape index (κ2) is 8.94. The van der Waals surface area contributed by atoms with Gasteiger partial charge in [0.15, 0.2) is 0 Å². The maximum atomic E-state index is 12.9. The Morgan fingerprint density at radius 3 is 2.43 bits per heavy atom. The highest BCUT2D eigenvalue weighted by Crippen LogP contribution is 2.28. The van der Waals surface area contributed by atoms with Crippen LogP contribution in [0.5, 0.6) is 5.75 Å². The van der Waals surface area contributed by atoms with E-state index < -0.39 is 15.9 Å². The number of carbonyl (C=O) groups is 1. The molecule has 0 saturated carbocycles. The minimum atomic E-state index is -3.73. The second-order valence-corrected chi connectivity index (χ2v) is 8.84. The highest BCUT2D eigenvalue weighted by molar-refractivity contribution is 7.89. The van der Waals surface area contributed by atoms with Crippen LogP contribution >= 0.6 is 11.6 Å². The van der Waals surface area contributed by atoms with Gasteiger partial charge in [-0.1, -0.05) is 18.0 Å². The Bertz CT molecular complexity index is 939. The summed E-state index contributed by atoms with van der Waals surface area (Å²) in [5.41, 5.74) is 0.817. The van der Waals surface area contributed by atoms with Gasteiger partial charge in [-0.3, -0.25) is 4.79 Å². The number of piperidine rings is 1. The van der Waals surface area contributed by atoms with Gasteiger partial charge in [0.25, 0.3) is 5.91 Å². The van der Waals surface area contributed by atoms with E-state index in [1.54, 1.807) is 24.3 Å². The van der Waals surface area contributed by atoms with Crippen molar-refractivity contribution in [1.29, 1.82) is 0 Å². The molecule has 1 aliphatic heterocycles. The van der Waals surface area contributed by atoms with Crippen molar-refractivity contribution in [2.24, 2.45) is 0 Å². The summed E-state index contributed by atoms with van der Waals surface area (Å²) in [6, 6.07) is 11.3. The summed E-state index contributed by atoms with van der Waals surface area (Å²) in [5.74, 6) is 0.304. The standard InChI is InChI=1S/C20H23ClN2O4S/c1-2-27-17-9-7-16(8-10-17)22-20(24)15-6-11-18(21)19(14-15)28(25,26)23-12-4-3-5-13-23/h6-11,14H,2-5,12-13H2,1H3,(H,22,24). The molecule has 0 atom stereocenters. The Labute approximate surface area is 170 Å². The average Bonchev–Trinajstić information content (AvgIpc) is 2.70. The van der Waals surface area contributed by atoms with E-state index in [1.807, 2.05) is 6.92 Å². The number of sulfonamides is 1. The van der Waals surface area contributed by atoms with E-state index in [1.165, 1.54) is 22.5 Å². The largest absolute Gasteiger partial charge is 0.494 e. The van der Waals surface area contributed by atoms with Crippen LogP contribution in [-0.2, 0) is 10.0 Å². The number of halogens is 1. The van der Waals surface area contributed by atoms with Crippen molar-refractivity contribution < 1.29 is 17.9 Å². The Morgan fingerprint density at radius 2 is 1.79 bits per heavy atom. The number of nitrogens with zero attached hydrogens (tertiary/aromatic N) is 1. The number of anilines is 1.